The van der Waals surface area contributed by atoms with Gasteiger partial charge in [0.15, 0.2) is 12.2 Å². The molecular formula is C8H8N2O2. The second kappa shape index (κ2) is 3.21. The molecule has 2 unspecified atom stereocenters. The van der Waals surface area contributed by atoms with Crippen LogP contribution in [0.3, 0.4) is 0 Å². The minimum Gasteiger partial charge on any atom is -0.486 e. The van der Waals surface area contributed by atoms with E-state index in [0.717, 1.165) is 0 Å². The Morgan fingerprint density at radius 2 is 1.33 bits per heavy atom. The lowest BCUT2D eigenvalue weighted by Crippen LogP contribution is -2.33. The summed E-state index contributed by atoms with van der Waals surface area (Å²) < 4.78 is 10.5. The molecule has 0 spiro atoms. The fourth-order valence-electron chi connectivity index (χ4n) is 0.986. The van der Waals surface area contributed by atoms with Crippen molar-refractivity contribution in [2.45, 2.75) is 12.2 Å². The zero-order valence-corrected chi connectivity index (χ0v) is 6.33. The Labute approximate surface area is 69.9 Å². The van der Waals surface area contributed by atoms with Crippen LogP contribution in [0.4, 0.5) is 0 Å². The first kappa shape index (κ1) is 7.09. The summed E-state index contributed by atoms with van der Waals surface area (Å²) >= 11 is 0. The standard InChI is InChI=1S/C8H8N2O2/c1-3-11-7(5-9-1)8-6-10-2-4-12-8/h1-8H. The van der Waals surface area contributed by atoms with Gasteiger partial charge in [-0.15, -0.1) is 0 Å². The highest BCUT2D eigenvalue weighted by Gasteiger charge is 2.21. The van der Waals surface area contributed by atoms with Crippen LogP contribution in [-0.2, 0) is 9.47 Å². The van der Waals surface area contributed by atoms with Gasteiger partial charge in [0.25, 0.3) is 0 Å². The quantitative estimate of drug-likeness (QED) is 0.577. The van der Waals surface area contributed by atoms with Crippen LogP contribution in [0, 0.1) is 0 Å². The first-order valence-electron chi connectivity index (χ1n) is 3.64. The van der Waals surface area contributed by atoms with Crippen molar-refractivity contribution >= 4 is 12.4 Å². The van der Waals surface area contributed by atoms with Crippen LogP contribution < -0.4 is 0 Å². The van der Waals surface area contributed by atoms with Gasteiger partial charge in [0.2, 0.25) is 0 Å². The smallest absolute Gasteiger partial charge is 0.175 e. The van der Waals surface area contributed by atoms with Crippen LogP contribution in [0.25, 0.3) is 0 Å². The van der Waals surface area contributed by atoms with Gasteiger partial charge in [0, 0.05) is 12.4 Å². The predicted octanol–water partition coefficient (Wildman–Crippen LogP) is 0.868. The maximum absolute atomic E-state index is 5.24. The van der Waals surface area contributed by atoms with Gasteiger partial charge >= 0.3 is 0 Å². The molecular weight excluding hydrogens is 156 g/mol. The highest BCUT2D eigenvalue weighted by molar-refractivity contribution is 5.76. The number of ether oxygens (including phenoxy) is 2. The number of hydrogen-bond acceptors (Lipinski definition) is 4. The summed E-state index contributed by atoms with van der Waals surface area (Å²) in [5.41, 5.74) is 0. The van der Waals surface area contributed by atoms with Gasteiger partial charge in [0.1, 0.15) is 12.5 Å². The lowest BCUT2D eigenvalue weighted by molar-refractivity contribution is 0.0787. The van der Waals surface area contributed by atoms with Crippen molar-refractivity contribution in [2.75, 3.05) is 0 Å². The summed E-state index contributed by atoms with van der Waals surface area (Å²) in [5.74, 6) is 0. The molecule has 2 aliphatic rings. The molecule has 0 bridgehead atoms. The summed E-state index contributed by atoms with van der Waals surface area (Å²) in [6.45, 7) is 0. The second-order valence-electron chi connectivity index (χ2n) is 2.37. The molecule has 62 valence electrons. The summed E-state index contributed by atoms with van der Waals surface area (Å²) in [7, 11) is 0. The first-order chi connectivity index (χ1) is 5.97. The fraction of sp³-hybridized carbons (Fsp3) is 0.250. The maximum Gasteiger partial charge on any atom is 0.175 e. The van der Waals surface area contributed by atoms with Crippen LogP contribution in [0.5, 0.6) is 0 Å². The van der Waals surface area contributed by atoms with Gasteiger partial charge in [-0.2, -0.15) is 0 Å². The molecule has 2 aliphatic heterocycles. The molecule has 0 saturated carbocycles. The number of hydrogen-bond donors (Lipinski definition) is 0. The van der Waals surface area contributed by atoms with Gasteiger partial charge < -0.3 is 9.47 Å². The maximum atomic E-state index is 5.24. The van der Waals surface area contributed by atoms with E-state index in [1.54, 1.807) is 37.4 Å². The number of rotatable bonds is 1. The van der Waals surface area contributed by atoms with E-state index in [2.05, 4.69) is 9.98 Å². The molecule has 2 heterocycles. The van der Waals surface area contributed by atoms with E-state index in [1.165, 1.54) is 0 Å². The van der Waals surface area contributed by atoms with E-state index < -0.39 is 0 Å². The van der Waals surface area contributed by atoms with Gasteiger partial charge in [-0.25, -0.2) is 0 Å². The second-order valence-corrected chi connectivity index (χ2v) is 2.37. The molecule has 4 heteroatoms. The minimum atomic E-state index is -0.163. The fourth-order valence-corrected chi connectivity index (χ4v) is 0.986. The minimum absolute atomic E-state index is 0.163. The summed E-state index contributed by atoms with van der Waals surface area (Å²) in [5, 5.41) is 0. The monoisotopic (exact) mass is 164 g/mol. The molecule has 0 aliphatic carbocycles. The average Bonchev–Trinajstić information content (AvgIpc) is 2.21. The van der Waals surface area contributed by atoms with Gasteiger partial charge in [-0.3, -0.25) is 9.98 Å². The van der Waals surface area contributed by atoms with E-state index in [9.17, 15) is 0 Å². The molecule has 0 saturated heterocycles. The molecule has 0 aromatic carbocycles. The molecule has 4 nitrogen and oxygen atoms in total. The zero-order chi connectivity index (χ0) is 8.23. The van der Waals surface area contributed by atoms with Crippen LogP contribution in [0.1, 0.15) is 0 Å². The van der Waals surface area contributed by atoms with Crippen molar-refractivity contribution in [3.63, 3.8) is 0 Å². The lowest BCUT2D eigenvalue weighted by atomic mass is 10.2. The summed E-state index contributed by atoms with van der Waals surface area (Å²) in [6, 6.07) is 0. The van der Waals surface area contributed by atoms with Crippen molar-refractivity contribution in [3.8, 4) is 0 Å². The third-order valence-electron chi connectivity index (χ3n) is 1.56. The van der Waals surface area contributed by atoms with E-state index in [1.807, 2.05) is 0 Å². The van der Waals surface area contributed by atoms with Crippen LogP contribution >= 0.6 is 0 Å². The molecule has 0 aromatic heterocycles. The third-order valence-corrected chi connectivity index (χ3v) is 1.56. The molecule has 2 rings (SSSR count). The molecule has 12 heavy (non-hydrogen) atoms. The van der Waals surface area contributed by atoms with E-state index in [-0.39, 0.29) is 12.2 Å². The van der Waals surface area contributed by atoms with Crippen molar-refractivity contribution < 1.29 is 9.47 Å². The highest BCUT2D eigenvalue weighted by atomic mass is 16.5. The average molecular weight is 164 g/mol. The van der Waals surface area contributed by atoms with Crippen LogP contribution in [-0.4, -0.2) is 24.6 Å². The number of nitrogens with zero attached hydrogens (tertiary/aromatic N) is 2. The molecule has 2 atom stereocenters. The first-order valence-corrected chi connectivity index (χ1v) is 3.64. The normalized spacial score (nSPS) is 31.3. The Morgan fingerprint density at radius 1 is 0.833 bits per heavy atom. The summed E-state index contributed by atoms with van der Waals surface area (Å²) in [6.07, 6.45) is 9.32. The van der Waals surface area contributed by atoms with Crippen LogP contribution in [0.2, 0.25) is 0 Å². The van der Waals surface area contributed by atoms with Crippen LogP contribution in [0.15, 0.2) is 34.9 Å². The van der Waals surface area contributed by atoms with Crippen molar-refractivity contribution in [2.24, 2.45) is 9.98 Å². The molecule has 0 N–H and O–H groups in total. The van der Waals surface area contributed by atoms with Crippen molar-refractivity contribution in [1.29, 1.82) is 0 Å². The molecule has 0 radical (unpaired) electrons. The summed E-state index contributed by atoms with van der Waals surface area (Å²) in [4.78, 5) is 7.87. The Balaban J connectivity index is 2.01. The Morgan fingerprint density at radius 3 is 1.67 bits per heavy atom. The Kier molecular flexibility index (Phi) is 1.90. The highest BCUT2D eigenvalue weighted by Crippen LogP contribution is 2.08. The Bertz CT molecular complexity index is 240. The topological polar surface area (TPSA) is 43.2 Å². The zero-order valence-electron chi connectivity index (χ0n) is 6.33. The van der Waals surface area contributed by atoms with E-state index in [0.29, 0.717) is 0 Å². The molecule has 0 aromatic rings. The Hall–Kier alpha value is -1.58. The van der Waals surface area contributed by atoms with E-state index in [4.69, 9.17) is 9.47 Å². The lowest BCUT2D eigenvalue weighted by Gasteiger charge is -2.21. The van der Waals surface area contributed by atoms with E-state index >= 15 is 0 Å². The van der Waals surface area contributed by atoms with Gasteiger partial charge in [0.05, 0.1) is 12.4 Å². The third kappa shape index (κ3) is 1.37. The number of aliphatic imine (C=N–C) groups is 2. The SMILES string of the molecule is C1=COC(C2C=NC=CO2)C=N1. The van der Waals surface area contributed by atoms with Crippen molar-refractivity contribution in [3.05, 3.63) is 24.9 Å². The largest absolute Gasteiger partial charge is 0.486 e. The molecule has 0 amide bonds. The van der Waals surface area contributed by atoms with Crippen molar-refractivity contribution in [1.82, 2.24) is 0 Å². The molecule has 0 fully saturated rings. The van der Waals surface area contributed by atoms with Gasteiger partial charge in [-0.1, -0.05) is 0 Å². The van der Waals surface area contributed by atoms with Gasteiger partial charge in [-0.05, 0) is 0 Å². The predicted molar refractivity (Wildman–Crippen MR) is 45.0 cm³/mol.